The summed E-state index contributed by atoms with van der Waals surface area (Å²) in [7, 11) is 3.08. The summed E-state index contributed by atoms with van der Waals surface area (Å²) in [6.07, 6.45) is 0.559. The third kappa shape index (κ3) is 3.66. The number of fused-ring (bicyclic) bond motifs is 3. The third-order valence-corrected chi connectivity index (χ3v) is 8.24. The Morgan fingerprint density at radius 3 is 2.61 bits per heavy atom. The Labute approximate surface area is 217 Å². The second kappa shape index (κ2) is 9.16. The molecule has 1 heterocycles. The molecule has 5 atom stereocenters. The Morgan fingerprint density at radius 1 is 1.29 bits per heavy atom. The van der Waals surface area contributed by atoms with Crippen molar-refractivity contribution in [1.82, 2.24) is 10.2 Å². The molecule has 1 saturated heterocycles. The van der Waals surface area contributed by atoms with Crippen molar-refractivity contribution < 1.29 is 43.9 Å². The van der Waals surface area contributed by atoms with Gasteiger partial charge < -0.3 is 36.2 Å². The van der Waals surface area contributed by atoms with E-state index in [0.29, 0.717) is 13.2 Å². The van der Waals surface area contributed by atoms with Crippen LogP contribution in [-0.4, -0.2) is 87.8 Å². The summed E-state index contributed by atoms with van der Waals surface area (Å²) in [5.74, 6) is -8.34. The molecule has 0 spiro atoms. The monoisotopic (exact) mass is 531 g/mol. The van der Waals surface area contributed by atoms with Gasteiger partial charge in [0.1, 0.15) is 28.7 Å². The lowest BCUT2D eigenvalue weighted by molar-refractivity contribution is -0.148. The minimum Gasteiger partial charge on any atom is -0.510 e. The summed E-state index contributed by atoms with van der Waals surface area (Å²) >= 11 is 0. The Morgan fingerprint density at radius 2 is 2.00 bits per heavy atom. The average molecular weight is 532 g/mol. The van der Waals surface area contributed by atoms with Crippen LogP contribution in [0.1, 0.15) is 34.3 Å². The number of primary amides is 1. The van der Waals surface area contributed by atoms with E-state index < -0.39 is 69.6 Å². The first kappa shape index (κ1) is 26.3. The van der Waals surface area contributed by atoms with Crippen LogP contribution in [0.5, 0.6) is 5.75 Å². The van der Waals surface area contributed by atoms with E-state index in [4.69, 9.17) is 10.5 Å². The van der Waals surface area contributed by atoms with Gasteiger partial charge in [-0.05, 0) is 45.3 Å². The number of nitrogens with two attached hydrogens (primary N) is 1. The number of hydrogen-bond acceptors (Lipinski definition) is 10. The Bertz CT molecular complexity index is 1320. The molecule has 1 aromatic rings. The largest absolute Gasteiger partial charge is 0.510 e. The van der Waals surface area contributed by atoms with Crippen LogP contribution >= 0.6 is 0 Å². The van der Waals surface area contributed by atoms with Crippen molar-refractivity contribution in [3.63, 3.8) is 0 Å². The van der Waals surface area contributed by atoms with Gasteiger partial charge in [-0.1, -0.05) is 0 Å². The van der Waals surface area contributed by atoms with Crippen molar-refractivity contribution >= 4 is 17.5 Å². The SMILES string of the molecule is CN(C)[C@@H]1C(O)=C(C(N)=O)C(=O)[C@@]2(O)C(O)=C3C(=O)c4c(O)cc(CN[C@H]5CCOC5)c(F)c4C[C@H]3C[C@@H]12. The molecule has 1 amide bonds. The van der Waals surface area contributed by atoms with Gasteiger partial charge in [-0.15, -0.1) is 0 Å². The fourth-order valence-corrected chi connectivity index (χ4v) is 6.43. The molecule has 7 N–H and O–H groups in total. The topological polar surface area (TPSA) is 183 Å². The number of nitrogens with one attached hydrogen (secondary N) is 1. The fourth-order valence-electron chi connectivity index (χ4n) is 6.43. The van der Waals surface area contributed by atoms with Gasteiger partial charge in [-0.2, -0.15) is 0 Å². The minimum absolute atomic E-state index is 0.0254. The summed E-state index contributed by atoms with van der Waals surface area (Å²) in [5, 5.41) is 47.5. The van der Waals surface area contributed by atoms with E-state index in [-0.39, 0.29) is 47.7 Å². The molecular formula is C26H30FN3O8. The minimum atomic E-state index is -2.73. The number of aliphatic hydroxyl groups excluding tert-OH is 2. The quantitative estimate of drug-likeness (QED) is 0.286. The van der Waals surface area contributed by atoms with Crippen LogP contribution in [-0.2, 0) is 27.3 Å². The number of halogens is 1. The van der Waals surface area contributed by atoms with Crippen LogP contribution in [0.4, 0.5) is 4.39 Å². The van der Waals surface area contributed by atoms with Crippen molar-refractivity contribution in [2.24, 2.45) is 17.6 Å². The van der Waals surface area contributed by atoms with Crippen molar-refractivity contribution in [2.45, 2.75) is 43.5 Å². The number of phenolic OH excluding ortho intramolecular Hbond substituents is 1. The number of ketones is 2. The molecule has 0 aromatic heterocycles. The predicted molar refractivity (Wildman–Crippen MR) is 130 cm³/mol. The smallest absolute Gasteiger partial charge is 0.255 e. The number of benzene rings is 1. The number of rotatable bonds is 5. The molecule has 5 rings (SSSR count). The number of hydrogen-bond donors (Lipinski definition) is 6. The Kier molecular flexibility index (Phi) is 6.33. The number of aliphatic hydroxyl groups is 3. The van der Waals surface area contributed by atoms with E-state index in [9.17, 15) is 34.8 Å². The van der Waals surface area contributed by atoms with Crippen molar-refractivity contribution in [3.05, 3.63) is 51.2 Å². The lowest BCUT2D eigenvalue weighted by atomic mass is 9.58. The van der Waals surface area contributed by atoms with Gasteiger partial charge in [-0.25, -0.2) is 4.39 Å². The van der Waals surface area contributed by atoms with Crippen LogP contribution in [0.25, 0.3) is 0 Å². The van der Waals surface area contributed by atoms with Gasteiger partial charge in [-0.3, -0.25) is 19.3 Å². The number of aromatic hydroxyl groups is 1. The number of allylic oxidation sites excluding steroid dienone is 1. The van der Waals surface area contributed by atoms with E-state index in [1.54, 1.807) is 14.1 Å². The standard InChI is InChI=1S/C26H30FN3O8/c1-30(2)20-14-6-10-5-13-17(15(31)7-11(19(13)27)8-29-12-3-4-38-9-12)21(32)16(10)23(34)26(14,37)24(35)18(22(20)33)25(28)36/h7,10,12,14,20,29,31,33-34,37H,3-6,8-9H2,1-2H3,(H2,28,36)/t10-,12-,14-,20-,26-/m0/s1. The molecule has 0 unspecified atom stereocenters. The summed E-state index contributed by atoms with van der Waals surface area (Å²) in [6.45, 7) is 1.18. The first-order chi connectivity index (χ1) is 17.9. The number of amides is 1. The van der Waals surface area contributed by atoms with Crippen molar-refractivity contribution in [3.8, 4) is 5.75 Å². The number of Topliss-reactive ketones (excluding diaryl/α,β-unsaturated/α-hetero) is 2. The zero-order valence-electron chi connectivity index (χ0n) is 21.0. The molecule has 38 heavy (non-hydrogen) atoms. The average Bonchev–Trinajstić information content (AvgIpc) is 3.36. The van der Waals surface area contributed by atoms with Gasteiger partial charge in [0, 0.05) is 41.8 Å². The summed E-state index contributed by atoms with van der Waals surface area (Å²) < 4.78 is 21.0. The molecular weight excluding hydrogens is 501 g/mol. The zero-order chi connectivity index (χ0) is 27.7. The maximum Gasteiger partial charge on any atom is 0.255 e. The van der Waals surface area contributed by atoms with Crippen LogP contribution < -0.4 is 11.1 Å². The number of carbonyl (C=O) groups excluding carboxylic acids is 3. The van der Waals surface area contributed by atoms with Crippen molar-refractivity contribution in [1.29, 1.82) is 0 Å². The molecule has 12 heteroatoms. The molecule has 3 aliphatic carbocycles. The molecule has 0 saturated carbocycles. The highest BCUT2D eigenvalue weighted by atomic mass is 19.1. The first-order valence-electron chi connectivity index (χ1n) is 12.4. The van der Waals surface area contributed by atoms with E-state index in [0.717, 1.165) is 12.5 Å². The van der Waals surface area contributed by atoms with Gasteiger partial charge in [0.25, 0.3) is 5.91 Å². The summed E-state index contributed by atoms with van der Waals surface area (Å²) in [4.78, 5) is 40.3. The van der Waals surface area contributed by atoms with Gasteiger partial charge in [0.2, 0.25) is 5.78 Å². The summed E-state index contributed by atoms with van der Waals surface area (Å²) in [6, 6.07) is 0.0739. The number of nitrogens with zero attached hydrogens (tertiary/aromatic N) is 1. The predicted octanol–water partition coefficient (Wildman–Crippen LogP) is 0.138. The Balaban J connectivity index is 1.60. The maximum absolute atomic E-state index is 15.7. The van der Waals surface area contributed by atoms with Crippen molar-refractivity contribution in [2.75, 3.05) is 27.3 Å². The zero-order valence-corrected chi connectivity index (χ0v) is 21.0. The van der Waals surface area contributed by atoms with Crippen LogP contribution in [0.2, 0.25) is 0 Å². The first-order valence-corrected chi connectivity index (χ1v) is 12.4. The molecule has 204 valence electrons. The Hall–Kier alpha value is -3.32. The normalized spacial score (nSPS) is 31.0. The van der Waals surface area contributed by atoms with Crippen LogP contribution in [0, 0.1) is 17.7 Å². The fraction of sp³-hybridized carbons (Fsp3) is 0.500. The lowest BCUT2D eigenvalue weighted by Crippen LogP contribution is -2.63. The number of ether oxygens (including phenoxy) is 1. The van der Waals surface area contributed by atoms with Crippen LogP contribution in [0.15, 0.2) is 28.7 Å². The highest BCUT2D eigenvalue weighted by molar-refractivity contribution is 6.24. The molecule has 4 aliphatic rings. The molecule has 1 aromatic carbocycles. The highest BCUT2D eigenvalue weighted by Crippen LogP contribution is 2.52. The third-order valence-electron chi connectivity index (χ3n) is 8.24. The highest BCUT2D eigenvalue weighted by Gasteiger charge is 2.63. The lowest BCUT2D eigenvalue weighted by Gasteiger charge is -2.50. The van der Waals surface area contributed by atoms with Crippen LogP contribution in [0.3, 0.4) is 0 Å². The second-order valence-electron chi connectivity index (χ2n) is 10.6. The van der Waals surface area contributed by atoms with Gasteiger partial charge >= 0.3 is 0 Å². The van der Waals surface area contributed by atoms with E-state index in [1.807, 2.05) is 0 Å². The summed E-state index contributed by atoms with van der Waals surface area (Å²) in [5.41, 5.74) is 1.17. The molecule has 0 radical (unpaired) electrons. The molecule has 1 fully saturated rings. The van der Waals surface area contributed by atoms with Gasteiger partial charge in [0.15, 0.2) is 11.4 Å². The molecule has 11 nitrogen and oxygen atoms in total. The van der Waals surface area contributed by atoms with Gasteiger partial charge in [0.05, 0.1) is 18.2 Å². The number of likely N-dealkylation sites (N-methyl/N-ethyl adjacent to an activating group) is 1. The van der Waals surface area contributed by atoms with E-state index >= 15 is 4.39 Å². The molecule has 1 aliphatic heterocycles. The maximum atomic E-state index is 15.7. The number of phenols is 1. The molecule has 0 bridgehead atoms. The number of carbonyl (C=O) groups is 3. The van der Waals surface area contributed by atoms with E-state index in [1.165, 1.54) is 4.90 Å². The second-order valence-corrected chi connectivity index (χ2v) is 10.6. The van der Waals surface area contributed by atoms with E-state index in [2.05, 4.69) is 5.32 Å².